The smallest absolute Gasteiger partial charge is 0.302 e. The van der Waals surface area contributed by atoms with Crippen LogP contribution in [0.3, 0.4) is 0 Å². The Labute approximate surface area is 347 Å². The highest BCUT2D eigenvalue weighted by Gasteiger charge is 2.14. The Hall–Kier alpha value is -3.49. The molecule has 1 atom stereocenters. The van der Waals surface area contributed by atoms with Gasteiger partial charge < -0.3 is 44.4 Å². The average molecular weight is 848 g/mol. The first kappa shape index (κ1) is 71.2. The Bertz CT molecular complexity index is 1010. The van der Waals surface area contributed by atoms with E-state index in [4.69, 9.17) is 4.74 Å². The second kappa shape index (κ2) is 61.7. The minimum absolute atomic E-state index is 0.00736. The van der Waals surface area contributed by atoms with Gasteiger partial charge in [-0.05, 0) is 85.2 Å². The lowest BCUT2D eigenvalue weighted by Gasteiger charge is -2.13. The standard InChI is InChI=1S/C10H18N2O3.C6H11NO3.C6H12O2.C5H10O2.C4H8O2.C3H6O2.C2H7N.C2H6S/c1-8(13)10(11-9(2)14)6-4-5-7-12(3)15;1-5(8)3-10-4-6(9)7-2;1-6(7)4-3-5-8-2;1-5(6)3-4-7-2;1-4(5)3-6-2;1-3(4)5-2;2*1-3-2/h10H,4-7H2,1-3H3;3-4H2,1-2H3,(H,7,9);3-5H2,1-2H3;3-4H2,1-2H3;3H2,1-2H3;1-2H3;3H,1-2H3;1-2H3/p+1. The number of rotatable bonds is 20. The maximum absolute atomic E-state index is 11.1. The summed E-state index contributed by atoms with van der Waals surface area (Å²) in [6, 6.07) is -0.403. The van der Waals surface area contributed by atoms with Crippen molar-refractivity contribution in [2.24, 2.45) is 0 Å². The van der Waals surface area contributed by atoms with Crippen LogP contribution in [0.15, 0.2) is 0 Å². The molecule has 0 aromatic rings. The number of hydrogen-bond donors (Lipinski definition) is 3. The van der Waals surface area contributed by atoms with Gasteiger partial charge >= 0.3 is 5.97 Å². The number of ether oxygens (including phenoxy) is 5. The summed E-state index contributed by atoms with van der Waals surface area (Å²) >= 11 is 1.75. The molecule has 0 spiro atoms. The second-order valence-corrected chi connectivity index (χ2v) is 12.4. The van der Waals surface area contributed by atoms with Crippen LogP contribution in [0.5, 0.6) is 0 Å². The number of esters is 1. The van der Waals surface area contributed by atoms with E-state index in [1.807, 2.05) is 26.6 Å². The van der Waals surface area contributed by atoms with Gasteiger partial charge in [-0.3, -0.25) is 33.6 Å². The fourth-order valence-electron chi connectivity index (χ4n) is 2.58. The van der Waals surface area contributed by atoms with Gasteiger partial charge in [0.1, 0.15) is 31.4 Å². The summed E-state index contributed by atoms with van der Waals surface area (Å²) in [6.45, 7) is 12.2. The first-order valence-corrected chi connectivity index (χ1v) is 19.6. The first-order valence-electron chi connectivity index (χ1n) is 17.9. The number of nitrogens with zero attached hydrogens (tertiary/aromatic N) is 1. The third-order valence-electron chi connectivity index (χ3n) is 5.07. The maximum Gasteiger partial charge on any atom is 0.302 e. The summed E-state index contributed by atoms with van der Waals surface area (Å²) in [4.78, 5) is 93.1. The normalized spacial score (nSPS) is 9.21. The van der Waals surface area contributed by atoms with Crippen LogP contribution < -0.4 is 16.0 Å². The van der Waals surface area contributed by atoms with E-state index in [1.54, 1.807) is 39.8 Å². The van der Waals surface area contributed by atoms with Crippen molar-refractivity contribution in [1.29, 1.82) is 0 Å². The molecule has 0 heterocycles. The number of carbonyl (C=O) groups is 8. The largest absolute Gasteiger partial charge is 0.469 e. The molecular weight excluding hydrogens is 768 g/mol. The first-order chi connectivity index (χ1) is 26.5. The molecule has 18 nitrogen and oxygen atoms in total. The van der Waals surface area contributed by atoms with E-state index in [-0.39, 0.29) is 66.5 Å². The zero-order chi connectivity index (χ0) is 46.6. The molecule has 0 aromatic heterocycles. The average Bonchev–Trinajstić information content (AvgIpc) is 3.10. The number of amides is 2. The molecule has 0 aromatic carbocycles. The van der Waals surface area contributed by atoms with Crippen molar-refractivity contribution in [3.05, 3.63) is 4.91 Å². The van der Waals surface area contributed by atoms with Crippen LogP contribution >= 0.6 is 11.8 Å². The molecule has 0 aliphatic carbocycles. The van der Waals surface area contributed by atoms with E-state index in [0.717, 1.165) is 24.0 Å². The molecule has 0 bridgehead atoms. The van der Waals surface area contributed by atoms with Crippen LogP contribution in [0.2, 0.25) is 0 Å². The maximum atomic E-state index is 11.1. The lowest BCUT2D eigenvalue weighted by atomic mass is 10.1. The molecule has 0 aliphatic heterocycles. The van der Waals surface area contributed by atoms with Gasteiger partial charge in [0.25, 0.3) is 0 Å². The number of Topliss-reactive ketones (excluding diaryl/α,β-unsaturated/α-hetero) is 5. The third kappa shape index (κ3) is 119. The summed E-state index contributed by atoms with van der Waals surface area (Å²) < 4.78 is 23.5. The van der Waals surface area contributed by atoms with Crippen molar-refractivity contribution in [1.82, 2.24) is 16.0 Å². The topological polar surface area (TPSA) is 239 Å². The number of likely N-dealkylation sites (N-methyl/N-ethyl adjacent to an activating group) is 1. The quantitative estimate of drug-likeness (QED) is 0.0907. The van der Waals surface area contributed by atoms with Crippen LogP contribution in [0.1, 0.15) is 87.0 Å². The van der Waals surface area contributed by atoms with E-state index in [1.165, 1.54) is 62.9 Å². The molecule has 340 valence electrons. The van der Waals surface area contributed by atoms with Crippen molar-refractivity contribution >= 4 is 58.5 Å². The molecule has 0 saturated carbocycles. The summed E-state index contributed by atoms with van der Waals surface area (Å²) in [5.74, 6) is -0.298. The Morgan fingerprint density at radius 2 is 1.07 bits per heavy atom. The van der Waals surface area contributed by atoms with Crippen LogP contribution in [-0.2, 0) is 62.0 Å². The van der Waals surface area contributed by atoms with Gasteiger partial charge in [-0.15, -0.1) is 0 Å². The third-order valence-corrected chi connectivity index (χ3v) is 5.07. The molecule has 0 aliphatic rings. The number of hydrogen-bond acceptors (Lipinski definition) is 16. The van der Waals surface area contributed by atoms with Crippen molar-refractivity contribution in [3.8, 4) is 0 Å². The number of nitroso groups, excluding NO2 is 1. The lowest BCUT2D eigenvalue weighted by Crippen LogP contribution is -2.38. The van der Waals surface area contributed by atoms with Crippen molar-refractivity contribution in [2.75, 3.05) is 109 Å². The van der Waals surface area contributed by atoms with E-state index in [9.17, 15) is 43.3 Å². The van der Waals surface area contributed by atoms with Gasteiger partial charge in [-0.2, -0.15) is 11.8 Å². The van der Waals surface area contributed by atoms with Crippen LogP contribution in [0.25, 0.3) is 0 Å². The minimum atomic E-state index is -0.403. The zero-order valence-corrected chi connectivity index (χ0v) is 39.0. The van der Waals surface area contributed by atoms with Crippen molar-refractivity contribution < 1.29 is 66.8 Å². The van der Waals surface area contributed by atoms with Gasteiger partial charge in [-0.1, -0.05) is 0 Å². The number of thioether (sulfide) groups is 1. The number of nitrogens with one attached hydrogen (secondary N) is 3. The predicted molar refractivity (Wildman–Crippen MR) is 226 cm³/mol. The van der Waals surface area contributed by atoms with E-state index in [0.29, 0.717) is 39.0 Å². The lowest BCUT2D eigenvalue weighted by molar-refractivity contribution is -0.519. The fourth-order valence-corrected chi connectivity index (χ4v) is 2.58. The summed E-state index contributed by atoms with van der Waals surface area (Å²) in [5, 5.41) is 7.70. The van der Waals surface area contributed by atoms with Gasteiger partial charge in [0, 0.05) is 73.0 Å². The number of unbranched alkanes of at least 4 members (excludes halogenated alkanes) is 1. The van der Waals surface area contributed by atoms with Crippen LogP contribution in [0, 0.1) is 4.91 Å². The fraction of sp³-hybridized carbons (Fsp3) is 0.789. The van der Waals surface area contributed by atoms with E-state index >= 15 is 0 Å². The Morgan fingerprint density at radius 1 is 0.632 bits per heavy atom. The molecule has 3 N–H and O–H groups in total. The summed E-state index contributed by atoms with van der Waals surface area (Å²) in [5.41, 5.74) is 0. The van der Waals surface area contributed by atoms with E-state index in [2.05, 4.69) is 34.9 Å². The molecule has 0 radical (unpaired) electrons. The highest BCUT2D eigenvalue weighted by Crippen LogP contribution is 2.02. The SMILES string of the molecule is CC(=O)NC(CCCC[N+](C)=O)C(C)=O.CNC.CNC(=O)COCC(C)=O.COC(C)=O.COCC(C)=O.COCCC(C)=O.COCCCC(C)=O.CSC. The molecule has 0 saturated heterocycles. The molecule has 2 amide bonds. The van der Waals surface area contributed by atoms with Gasteiger partial charge in [0.15, 0.2) is 30.9 Å². The van der Waals surface area contributed by atoms with Crippen LogP contribution in [0.4, 0.5) is 0 Å². The monoisotopic (exact) mass is 848 g/mol. The highest BCUT2D eigenvalue weighted by molar-refractivity contribution is 7.97. The van der Waals surface area contributed by atoms with E-state index < -0.39 is 6.04 Å². The number of methoxy groups -OCH3 is 4. The highest BCUT2D eigenvalue weighted by atomic mass is 32.2. The molecule has 19 heteroatoms. The van der Waals surface area contributed by atoms with Crippen LogP contribution in [-0.4, -0.2) is 166 Å². The minimum Gasteiger partial charge on any atom is -0.469 e. The molecular formula is C38H79N4O14S+. The second-order valence-electron chi connectivity index (χ2n) is 11.6. The zero-order valence-electron chi connectivity index (χ0n) is 38.1. The Morgan fingerprint density at radius 3 is 1.32 bits per heavy atom. The number of ketones is 5. The Balaban J connectivity index is -0.0000000847. The molecule has 0 fully saturated rings. The number of carbonyl (C=O) groups excluding carboxylic acids is 8. The van der Waals surface area contributed by atoms with Gasteiger partial charge in [0.2, 0.25) is 11.8 Å². The van der Waals surface area contributed by atoms with Gasteiger partial charge in [-0.25, -0.2) is 0 Å². The van der Waals surface area contributed by atoms with Gasteiger partial charge in [0.05, 0.1) is 19.8 Å². The van der Waals surface area contributed by atoms with Crippen molar-refractivity contribution in [3.63, 3.8) is 0 Å². The predicted octanol–water partition coefficient (Wildman–Crippen LogP) is 2.83. The summed E-state index contributed by atoms with van der Waals surface area (Å²) in [6.07, 6.45) is 8.22. The molecule has 1 unspecified atom stereocenters. The molecule has 57 heavy (non-hydrogen) atoms. The van der Waals surface area contributed by atoms with Crippen molar-refractivity contribution in [2.45, 2.75) is 93.0 Å². The summed E-state index contributed by atoms with van der Waals surface area (Å²) in [7, 11) is 12.8. The molecule has 0 rings (SSSR count). The Kier molecular flexibility index (Phi) is 77.1.